The number of rotatable bonds is 9. The molecule has 0 aliphatic rings. The summed E-state index contributed by atoms with van der Waals surface area (Å²) in [4.78, 5) is 13.1. The Balaban J connectivity index is 1.98. The van der Waals surface area contributed by atoms with Crippen LogP contribution in [0.25, 0.3) is 0 Å². The van der Waals surface area contributed by atoms with Crippen molar-refractivity contribution in [3.8, 4) is 0 Å². The number of carbonyl (C=O) groups is 1. The maximum atomic E-state index is 10.3. The highest BCUT2D eigenvalue weighted by Crippen LogP contribution is 2.16. The number of aliphatic carboxylic acids is 1. The molecule has 2 N–H and O–H groups in total. The minimum Gasteiger partial charge on any atom is -0.481 e. The number of unbranched alkanes of at least 4 members (excludes halogenated alkanes) is 2. The molecule has 3 nitrogen and oxygen atoms in total. The van der Waals surface area contributed by atoms with Crippen molar-refractivity contribution >= 4 is 17.3 Å². The number of carboxylic acids is 1. The Morgan fingerprint density at radius 3 is 2.71 bits per heavy atom. The van der Waals surface area contributed by atoms with E-state index in [0.29, 0.717) is 6.42 Å². The highest BCUT2D eigenvalue weighted by atomic mass is 32.1. The maximum absolute atomic E-state index is 10.3. The van der Waals surface area contributed by atoms with Crippen LogP contribution < -0.4 is 5.32 Å². The molecule has 0 spiro atoms. The van der Waals surface area contributed by atoms with Crippen molar-refractivity contribution < 1.29 is 9.90 Å². The van der Waals surface area contributed by atoms with Gasteiger partial charge in [0, 0.05) is 22.7 Å². The number of nitrogens with one attached hydrogen (secondary N) is 1. The predicted molar refractivity (Wildman–Crippen MR) is 71.5 cm³/mol. The van der Waals surface area contributed by atoms with E-state index in [-0.39, 0.29) is 0 Å². The summed E-state index contributed by atoms with van der Waals surface area (Å²) >= 11 is 1.86. The lowest BCUT2D eigenvalue weighted by Crippen LogP contribution is -2.13. The van der Waals surface area contributed by atoms with Gasteiger partial charge in [-0.05, 0) is 37.9 Å². The van der Waals surface area contributed by atoms with Gasteiger partial charge in [-0.2, -0.15) is 0 Å². The number of hydrogen-bond acceptors (Lipinski definition) is 3. The molecule has 0 fully saturated rings. The third-order valence-electron chi connectivity index (χ3n) is 2.61. The predicted octanol–water partition coefficient (Wildman–Crippen LogP) is 3.05. The van der Waals surface area contributed by atoms with E-state index in [1.165, 1.54) is 9.75 Å². The fraction of sp³-hybridized carbons (Fsp3) is 0.615. The van der Waals surface area contributed by atoms with Crippen molar-refractivity contribution in [3.63, 3.8) is 0 Å². The monoisotopic (exact) mass is 255 g/mol. The van der Waals surface area contributed by atoms with Crippen LogP contribution in [0.4, 0.5) is 0 Å². The molecule has 0 aromatic carbocycles. The zero-order valence-corrected chi connectivity index (χ0v) is 11.2. The smallest absolute Gasteiger partial charge is 0.303 e. The molecule has 0 atom stereocenters. The lowest BCUT2D eigenvalue weighted by Gasteiger charge is -2.02. The quantitative estimate of drug-likeness (QED) is 0.667. The number of thiophene rings is 1. The Labute approximate surface area is 107 Å². The van der Waals surface area contributed by atoms with Gasteiger partial charge in [-0.3, -0.25) is 4.79 Å². The van der Waals surface area contributed by atoms with Gasteiger partial charge in [0.2, 0.25) is 0 Å². The van der Waals surface area contributed by atoms with Gasteiger partial charge in [0.1, 0.15) is 0 Å². The van der Waals surface area contributed by atoms with Crippen molar-refractivity contribution in [3.05, 3.63) is 21.9 Å². The molecule has 1 rings (SSSR count). The van der Waals surface area contributed by atoms with Gasteiger partial charge in [-0.1, -0.05) is 13.3 Å². The minimum atomic E-state index is -0.691. The first-order valence-corrected chi connectivity index (χ1v) is 7.04. The van der Waals surface area contributed by atoms with E-state index in [1.807, 2.05) is 11.3 Å². The third-order valence-corrected chi connectivity index (χ3v) is 3.84. The van der Waals surface area contributed by atoms with E-state index in [1.54, 1.807) is 0 Å². The lowest BCUT2D eigenvalue weighted by atomic mass is 10.2. The topological polar surface area (TPSA) is 49.3 Å². The summed E-state index contributed by atoms with van der Waals surface area (Å²) < 4.78 is 0. The average Bonchev–Trinajstić information content (AvgIpc) is 2.75. The van der Waals surface area contributed by atoms with E-state index in [0.717, 1.165) is 38.8 Å². The zero-order chi connectivity index (χ0) is 12.5. The molecule has 4 heteroatoms. The van der Waals surface area contributed by atoms with Gasteiger partial charge in [0.05, 0.1) is 0 Å². The molecule has 0 saturated carbocycles. The van der Waals surface area contributed by atoms with E-state index in [9.17, 15) is 4.79 Å². The van der Waals surface area contributed by atoms with Crippen molar-refractivity contribution in [1.29, 1.82) is 0 Å². The summed E-state index contributed by atoms with van der Waals surface area (Å²) in [7, 11) is 0. The fourth-order valence-electron chi connectivity index (χ4n) is 1.62. The molecule has 1 aromatic rings. The van der Waals surface area contributed by atoms with Crippen LogP contribution in [0.2, 0.25) is 0 Å². The van der Waals surface area contributed by atoms with Crippen molar-refractivity contribution in [1.82, 2.24) is 5.32 Å². The molecule has 0 amide bonds. The van der Waals surface area contributed by atoms with E-state index >= 15 is 0 Å². The molecule has 0 saturated heterocycles. The summed E-state index contributed by atoms with van der Waals surface area (Å²) in [6, 6.07) is 4.37. The highest BCUT2D eigenvalue weighted by molar-refractivity contribution is 7.11. The van der Waals surface area contributed by atoms with Crippen LogP contribution >= 0.6 is 11.3 Å². The molecule has 0 radical (unpaired) electrons. The van der Waals surface area contributed by atoms with E-state index in [2.05, 4.69) is 24.4 Å². The summed E-state index contributed by atoms with van der Waals surface area (Å²) in [6.45, 7) is 4.08. The van der Waals surface area contributed by atoms with Gasteiger partial charge >= 0.3 is 5.97 Å². The largest absolute Gasteiger partial charge is 0.481 e. The first kappa shape index (κ1) is 14.2. The van der Waals surface area contributed by atoms with Gasteiger partial charge in [0.25, 0.3) is 0 Å². The van der Waals surface area contributed by atoms with Gasteiger partial charge in [0.15, 0.2) is 0 Å². The van der Waals surface area contributed by atoms with Gasteiger partial charge < -0.3 is 10.4 Å². The van der Waals surface area contributed by atoms with Crippen LogP contribution in [0.3, 0.4) is 0 Å². The average molecular weight is 255 g/mol. The third kappa shape index (κ3) is 6.44. The summed E-state index contributed by atoms with van der Waals surface area (Å²) in [5.41, 5.74) is 0. The molecule has 1 aromatic heterocycles. The SMILES string of the molecule is CCc1ccc(CNCCCCCC(=O)O)s1. The van der Waals surface area contributed by atoms with E-state index < -0.39 is 5.97 Å². The zero-order valence-electron chi connectivity index (χ0n) is 10.4. The molecule has 0 bridgehead atoms. The molecule has 1 heterocycles. The van der Waals surface area contributed by atoms with Gasteiger partial charge in [-0.15, -0.1) is 11.3 Å². The second-order valence-corrected chi connectivity index (χ2v) is 5.36. The molecular weight excluding hydrogens is 234 g/mol. The van der Waals surface area contributed by atoms with Crippen LogP contribution in [0.1, 0.15) is 42.4 Å². The Kier molecular flexibility index (Phi) is 6.89. The number of carboxylic acid groups (broad SMARTS) is 1. The number of aryl methyl sites for hydroxylation is 1. The van der Waals surface area contributed by atoms with Crippen LogP contribution in [-0.2, 0) is 17.8 Å². The van der Waals surface area contributed by atoms with Crippen molar-refractivity contribution in [2.45, 2.75) is 45.6 Å². The second-order valence-electron chi connectivity index (χ2n) is 4.10. The summed E-state index contributed by atoms with van der Waals surface area (Å²) in [6.07, 6.45) is 4.24. The Bertz CT molecular complexity index is 336. The molecule has 0 aliphatic carbocycles. The molecule has 17 heavy (non-hydrogen) atoms. The molecular formula is C13H21NO2S. The molecule has 0 unspecified atom stereocenters. The van der Waals surface area contributed by atoms with Crippen molar-refractivity contribution in [2.75, 3.05) is 6.54 Å². The van der Waals surface area contributed by atoms with Crippen LogP contribution in [-0.4, -0.2) is 17.6 Å². The Morgan fingerprint density at radius 2 is 2.06 bits per heavy atom. The summed E-state index contributed by atoms with van der Waals surface area (Å²) in [5.74, 6) is -0.691. The van der Waals surface area contributed by atoms with Crippen LogP contribution in [0.5, 0.6) is 0 Å². The Hall–Kier alpha value is -0.870. The molecule has 96 valence electrons. The Morgan fingerprint density at radius 1 is 1.29 bits per heavy atom. The first-order chi connectivity index (χ1) is 8.22. The maximum Gasteiger partial charge on any atom is 0.303 e. The number of hydrogen-bond donors (Lipinski definition) is 2. The summed E-state index contributed by atoms with van der Waals surface area (Å²) in [5, 5.41) is 11.9. The van der Waals surface area contributed by atoms with Gasteiger partial charge in [-0.25, -0.2) is 0 Å². The lowest BCUT2D eigenvalue weighted by molar-refractivity contribution is -0.137. The standard InChI is InChI=1S/C13H21NO2S/c1-2-11-7-8-12(17-11)10-14-9-5-3-4-6-13(15)16/h7-8,14H,2-6,9-10H2,1H3,(H,15,16). The first-order valence-electron chi connectivity index (χ1n) is 6.22. The molecule has 0 aliphatic heterocycles. The highest BCUT2D eigenvalue weighted by Gasteiger charge is 1.98. The van der Waals surface area contributed by atoms with Crippen LogP contribution in [0, 0.1) is 0 Å². The van der Waals surface area contributed by atoms with Crippen molar-refractivity contribution in [2.24, 2.45) is 0 Å². The second kappa shape index (κ2) is 8.25. The van der Waals surface area contributed by atoms with Crippen LogP contribution in [0.15, 0.2) is 12.1 Å². The minimum absolute atomic E-state index is 0.296. The normalized spacial score (nSPS) is 10.6. The van der Waals surface area contributed by atoms with E-state index in [4.69, 9.17) is 5.11 Å². The fourth-order valence-corrected chi connectivity index (χ4v) is 2.55.